The van der Waals surface area contributed by atoms with Crippen LogP contribution in [0.15, 0.2) is 0 Å². The number of carbonyl (C=O) groups is 1. The summed E-state index contributed by atoms with van der Waals surface area (Å²) in [5, 5.41) is 2.81. The van der Waals surface area contributed by atoms with Crippen LogP contribution in [0.2, 0.25) is 0 Å². The molecule has 0 aliphatic rings. The van der Waals surface area contributed by atoms with Crippen LogP contribution in [0.4, 0.5) is 4.79 Å². The van der Waals surface area contributed by atoms with Gasteiger partial charge in [-0.3, -0.25) is 0 Å². The Morgan fingerprint density at radius 2 is 1.15 bits per heavy atom. The SMILES string of the molecule is CCCCCNC(=O)OCCCCCCCCCCCCCCCCS. The second-order valence-corrected chi connectivity index (χ2v) is 7.89. The molecule has 0 atom stereocenters. The first-order valence-corrected chi connectivity index (χ1v) is 12.0. The van der Waals surface area contributed by atoms with Crippen molar-refractivity contribution in [3.05, 3.63) is 0 Å². The minimum atomic E-state index is -0.247. The molecule has 0 bridgehead atoms. The molecular weight excluding hydrogens is 342 g/mol. The number of carbonyl (C=O) groups excluding carboxylic acids is 1. The molecule has 0 aromatic carbocycles. The van der Waals surface area contributed by atoms with Gasteiger partial charge in [0.1, 0.15) is 0 Å². The van der Waals surface area contributed by atoms with E-state index >= 15 is 0 Å². The number of amides is 1. The predicted octanol–water partition coefficient (Wildman–Crippen LogP) is 7.29. The van der Waals surface area contributed by atoms with Crippen LogP contribution in [0, 0.1) is 0 Å². The number of hydrogen-bond donors (Lipinski definition) is 2. The van der Waals surface area contributed by atoms with E-state index in [1.54, 1.807) is 0 Å². The third-order valence-corrected chi connectivity index (χ3v) is 5.15. The van der Waals surface area contributed by atoms with Crippen molar-refractivity contribution in [2.24, 2.45) is 0 Å². The van der Waals surface area contributed by atoms with Crippen LogP contribution in [0.25, 0.3) is 0 Å². The predicted molar refractivity (Wildman–Crippen MR) is 117 cm³/mol. The van der Waals surface area contributed by atoms with Gasteiger partial charge in [-0.05, 0) is 25.0 Å². The van der Waals surface area contributed by atoms with E-state index in [2.05, 4.69) is 24.9 Å². The number of ether oxygens (including phenoxy) is 1. The molecule has 0 saturated carbocycles. The zero-order valence-electron chi connectivity index (χ0n) is 17.4. The molecular formula is C22H45NO2S. The van der Waals surface area contributed by atoms with Gasteiger partial charge in [-0.25, -0.2) is 4.79 Å². The first-order chi connectivity index (χ1) is 12.8. The van der Waals surface area contributed by atoms with Crippen molar-refractivity contribution in [2.75, 3.05) is 18.9 Å². The molecule has 0 aromatic heterocycles. The Bertz CT molecular complexity index is 287. The minimum Gasteiger partial charge on any atom is -0.450 e. The maximum absolute atomic E-state index is 11.4. The third kappa shape index (κ3) is 21.7. The minimum absolute atomic E-state index is 0.247. The molecule has 1 N–H and O–H groups in total. The highest BCUT2D eigenvalue weighted by Gasteiger charge is 2.00. The molecule has 3 nitrogen and oxygen atoms in total. The summed E-state index contributed by atoms with van der Waals surface area (Å²) in [7, 11) is 0. The van der Waals surface area contributed by atoms with E-state index in [1.807, 2.05) is 0 Å². The standard InChI is InChI=1S/C22H45NO2S/c1-2-3-16-19-23-22(24)25-20-17-14-12-10-8-6-4-5-7-9-11-13-15-18-21-26/h26H,2-21H2,1H3,(H,23,24). The lowest BCUT2D eigenvalue weighted by Crippen LogP contribution is -2.25. The number of hydrogen-bond acceptors (Lipinski definition) is 3. The van der Waals surface area contributed by atoms with Crippen molar-refractivity contribution in [3.63, 3.8) is 0 Å². The second-order valence-electron chi connectivity index (χ2n) is 7.44. The summed E-state index contributed by atoms with van der Waals surface area (Å²) in [6, 6.07) is 0. The number of rotatable bonds is 20. The van der Waals surface area contributed by atoms with Gasteiger partial charge in [0, 0.05) is 6.54 Å². The average Bonchev–Trinajstić information content (AvgIpc) is 2.65. The summed E-state index contributed by atoms with van der Waals surface area (Å²) in [4.78, 5) is 11.4. The van der Waals surface area contributed by atoms with E-state index in [4.69, 9.17) is 4.74 Å². The van der Waals surface area contributed by atoms with Gasteiger partial charge >= 0.3 is 6.09 Å². The van der Waals surface area contributed by atoms with Gasteiger partial charge in [0.05, 0.1) is 6.61 Å². The first-order valence-electron chi connectivity index (χ1n) is 11.3. The fraction of sp³-hybridized carbons (Fsp3) is 0.955. The molecule has 0 saturated heterocycles. The normalized spacial score (nSPS) is 10.8. The highest BCUT2D eigenvalue weighted by Crippen LogP contribution is 2.13. The number of nitrogens with one attached hydrogen (secondary N) is 1. The summed E-state index contributed by atoms with van der Waals surface area (Å²) in [6.45, 7) is 3.46. The van der Waals surface area contributed by atoms with Crippen molar-refractivity contribution < 1.29 is 9.53 Å². The number of unbranched alkanes of at least 4 members (excludes halogenated alkanes) is 15. The fourth-order valence-corrected chi connectivity index (χ4v) is 3.34. The van der Waals surface area contributed by atoms with Gasteiger partial charge in [0.2, 0.25) is 0 Å². The van der Waals surface area contributed by atoms with Crippen molar-refractivity contribution in [2.45, 2.75) is 116 Å². The van der Waals surface area contributed by atoms with E-state index in [0.717, 1.165) is 31.6 Å². The quantitative estimate of drug-likeness (QED) is 0.170. The lowest BCUT2D eigenvalue weighted by atomic mass is 10.0. The largest absolute Gasteiger partial charge is 0.450 e. The van der Waals surface area contributed by atoms with Crippen LogP contribution in [-0.4, -0.2) is 25.0 Å². The van der Waals surface area contributed by atoms with Crippen molar-refractivity contribution in [1.29, 1.82) is 0 Å². The molecule has 4 heteroatoms. The molecule has 1 amide bonds. The molecule has 156 valence electrons. The molecule has 0 unspecified atom stereocenters. The van der Waals surface area contributed by atoms with Crippen LogP contribution < -0.4 is 5.32 Å². The Morgan fingerprint density at radius 1 is 0.692 bits per heavy atom. The smallest absolute Gasteiger partial charge is 0.407 e. The summed E-state index contributed by atoms with van der Waals surface area (Å²) < 4.78 is 5.18. The molecule has 0 radical (unpaired) electrons. The molecule has 0 aliphatic heterocycles. The number of thiol groups is 1. The van der Waals surface area contributed by atoms with Gasteiger partial charge in [0.25, 0.3) is 0 Å². The zero-order valence-corrected chi connectivity index (χ0v) is 18.3. The second kappa shape index (κ2) is 22.7. The Labute approximate surface area is 168 Å². The van der Waals surface area contributed by atoms with E-state index in [-0.39, 0.29) is 6.09 Å². The van der Waals surface area contributed by atoms with Gasteiger partial charge in [0.15, 0.2) is 0 Å². The van der Waals surface area contributed by atoms with Crippen molar-refractivity contribution >= 4 is 18.7 Å². The molecule has 0 fully saturated rings. The highest BCUT2D eigenvalue weighted by molar-refractivity contribution is 7.80. The van der Waals surface area contributed by atoms with E-state index < -0.39 is 0 Å². The topological polar surface area (TPSA) is 38.3 Å². The van der Waals surface area contributed by atoms with Crippen molar-refractivity contribution in [1.82, 2.24) is 5.32 Å². The van der Waals surface area contributed by atoms with E-state index in [0.29, 0.717) is 6.61 Å². The van der Waals surface area contributed by atoms with Crippen LogP contribution >= 0.6 is 12.6 Å². The highest BCUT2D eigenvalue weighted by atomic mass is 32.1. The Balaban J connectivity index is 3.07. The van der Waals surface area contributed by atoms with Gasteiger partial charge in [-0.15, -0.1) is 0 Å². The molecule has 0 heterocycles. The summed E-state index contributed by atoms with van der Waals surface area (Å²) in [5.41, 5.74) is 0. The monoisotopic (exact) mass is 387 g/mol. The Kier molecular flexibility index (Phi) is 22.3. The van der Waals surface area contributed by atoms with Gasteiger partial charge in [-0.2, -0.15) is 12.6 Å². The lowest BCUT2D eigenvalue weighted by molar-refractivity contribution is 0.143. The van der Waals surface area contributed by atoms with Gasteiger partial charge in [-0.1, -0.05) is 96.8 Å². The third-order valence-electron chi connectivity index (χ3n) is 4.84. The van der Waals surface area contributed by atoms with Crippen LogP contribution in [0.5, 0.6) is 0 Å². The van der Waals surface area contributed by atoms with Crippen molar-refractivity contribution in [3.8, 4) is 0 Å². The van der Waals surface area contributed by atoms with Crippen LogP contribution in [0.3, 0.4) is 0 Å². The average molecular weight is 388 g/mol. The lowest BCUT2D eigenvalue weighted by Gasteiger charge is -2.06. The maximum Gasteiger partial charge on any atom is 0.407 e. The van der Waals surface area contributed by atoms with Gasteiger partial charge < -0.3 is 10.1 Å². The molecule has 0 rings (SSSR count). The molecule has 26 heavy (non-hydrogen) atoms. The summed E-state index contributed by atoms with van der Waals surface area (Å²) in [5.74, 6) is 1.04. The summed E-state index contributed by atoms with van der Waals surface area (Å²) >= 11 is 4.25. The maximum atomic E-state index is 11.4. The fourth-order valence-electron chi connectivity index (χ4n) is 3.12. The molecule has 0 aromatic rings. The zero-order chi connectivity index (χ0) is 19.1. The molecule has 0 spiro atoms. The van der Waals surface area contributed by atoms with E-state index in [9.17, 15) is 4.79 Å². The Hall–Kier alpha value is -0.380. The number of alkyl carbamates (subject to hydrolysis) is 1. The summed E-state index contributed by atoms with van der Waals surface area (Å²) in [6.07, 6.45) is 21.7. The van der Waals surface area contributed by atoms with Crippen LogP contribution in [-0.2, 0) is 4.74 Å². The molecule has 0 aliphatic carbocycles. The van der Waals surface area contributed by atoms with E-state index in [1.165, 1.54) is 89.9 Å². The first kappa shape index (κ1) is 25.6. The Morgan fingerprint density at radius 3 is 1.62 bits per heavy atom. The van der Waals surface area contributed by atoms with Crippen LogP contribution in [0.1, 0.15) is 116 Å².